The highest BCUT2D eigenvalue weighted by Crippen LogP contribution is 2.24. The van der Waals surface area contributed by atoms with Crippen molar-refractivity contribution in [1.82, 2.24) is 10.2 Å². The first kappa shape index (κ1) is 14.0. The van der Waals surface area contributed by atoms with Crippen LogP contribution < -0.4 is 5.32 Å². The highest BCUT2D eigenvalue weighted by molar-refractivity contribution is 5.84. The molecule has 1 heterocycles. The van der Waals surface area contributed by atoms with Crippen LogP contribution in [-0.4, -0.2) is 42.2 Å². The lowest BCUT2D eigenvalue weighted by atomic mass is 9.93. The van der Waals surface area contributed by atoms with Crippen LogP contribution in [0.25, 0.3) is 0 Å². The van der Waals surface area contributed by atoms with Gasteiger partial charge in [0.1, 0.15) is 6.04 Å². The Morgan fingerprint density at radius 3 is 3.00 bits per heavy atom. The average Bonchev–Trinajstić information content (AvgIpc) is 2.47. The number of carbonyl (C=O) groups is 1. The van der Waals surface area contributed by atoms with E-state index in [1.54, 1.807) is 0 Å². The number of aliphatic hydroxyl groups is 1. The highest BCUT2D eigenvalue weighted by atomic mass is 16.3. The normalized spacial score (nSPS) is 17.9. The molecule has 0 radical (unpaired) electrons. The van der Waals surface area contributed by atoms with Crippen LogP contribution in [0.15, 0.2) is 24.3 Å². The van der Waals surface area contributed by atoms with E-state index in [1.807, 2.05) is 30.0 Å². The number of likely N-dealkylation sites (N-methyl/N-ethyl adjacent to an activating group) is 1. The third-order valence-electron chi connectivity index (χ3n) is 3.64. The molecular formula is C15H22N2O2. The van der Waals surface area contributed by atoms with Gasteiger partial charge in [0.2, 0.25) is 5.91 Å². The molecule has 2 N–H and O–H groups in total. The van der Waals surface area contributed by atoms with Gasteiger partial charge in [-0.25, -0.2) is 0 Å². The van der Waals surface area contributed by atoms with E-state index in [1.165, 1.54) is 5.56 Å². The van der Waals surface area contributed by atoms with Crippen LogP contribution in [0, 0.1) is 0 Å². The summed E-state index contributed by atoms with van der Waals surface area (Å²) in [6.45, 7) is 4.23. The summed E-state index contributed by atoms with van der Waals surface area (Å²) >= 11 is 0. The Morgan fingerprint density at radius 2 is 2.26 bits per heavy atom. The SMILES string of the molecule is CCN(CCCO)C(=O)C1NCCc2ccccc21. The number of fused-ring (bicyclic) bond motifs is 1. The minimum absolute atomic E-state index is 0.114. The van der Waals surface area contributed by atoms with Crippen molar-refractivity contribution in [3.05, 3.63) is 35.4 Å². The van der Waals surface area contributed by atoms with E-state index in [0.717, 1.165) is 18.5 Å². The fourth-order valence-corrected chi connectivity index (χ4v) is 2.59. The lowest BCUT2D eigenvalue weighted by molar-refractivity contribution is -0.133. The van der Waals surface area contributed by atoms with Crippen molar-refractivity contribution < 1.29 is 9.90 Å². The zero-order chi connectivity index (χ0) is 13.7. The second kappa shape index (κ2) is 6.68. The number of aliphatic hydroxyl groups excluding tert-OH is 1. The third-order valence-corrected chi connectivity index (χ3v) is 3.64. The molecule has 1 aromatic rings. The van der Waals surface area contributed by atoms with Crippen LogP contribution in [0.3, 0.4) is 0 Å². The van der Waals surface area contributed by atoms with Crippen LogP contribution in [0.2, 0.25) is 0 Å². The number of benzene rings is 1. The first-order valence-corrected chi connectivity index (χ1v) is 6.98. The molecule has 4 heteroatoms. The summed E-state index contributed by atoms with van der Waals surface area (Å²) in [7, 11) is 0. The summed E-state index contributed by atoms with van der Waals surface area (Å²) in [5.41, 5.74) is 2.36. The van der Waals surface area contributed by atoms with Crippen molar-refractivity contribution in [3.63, 3.8) is 0 Å². The Morgan fingerprint density at radius 1 is 1.47 bits per heavy atom. The number of carbonyl (C=O) groups excluding carboxylic acids is 1. The first-order chi connectivity index (χ1) is 9.27. The lowest BCUT2D eigenvalue weighted by Gasteiger charge is -2.31. The summed E-state index contributed by atoms with van der Waals surface area (Å²) in [5, 5.41) is 12.2. The fourth-order valence-electron chi connectivity index (χ4n) is 2.59. The molecule has 2 rings (SSSR count). The van der Waals surface area contributed by atoms with Gasteiger partial charge in [-0.15, -0.1) is 0 Å². The largest absolute Gasteiger partial charge is 0.396 e. The van der Waals surface area contributed by atoms with Gasteiger partial charge in [-0.1, -0.05) is 24.3 Å². The number of hydrogen-bond acceptors (Lipinski definition) is 3. The number of hydrogen-bond donors (Lipinski definition) is 2. The summed E-state index contributed by atoms with van der Waals surface area (Å²) < 4.78 is 0. The second-order valence-corrected chi connectivity index (χ2v) is 4.83. The Bertz CT molecular complexity index is 434. The molecule has 1 aliphatic rings. The molecule has 0 fully saturated rings. The second-order valence-electron chi connectivity index (χ2n) is 4.83. The van der Waals surface area contributed by atoms with Gasteiger partial charge in [0.25, 0.3) is 0 Å². The van der Waals surface area contributed by atoms with Gasteiger partial charge in [-0.2, -0.15) is 0 Å². The Balaban J connectivity index is 2.15. The molecule has 0 saturated carbocycles. The van der Waals surface area contributed by atoms with E-state index < -0.39 is 0 Å². The predicted octanol–water partition coefficient (Wildman–Crippen LogP) is 1.10. The maximum absolute atomic E-state index is 12.6. The summed E-state index contributed by atoms with van der Waals surface area (Å²) in [6, 6.07) is 7.90. The van der Waals surface area contributed by atoms with Crippen LogP contribution >= 0.6 is 0 Å². The van der Waals surface area contributed by atoms with E-state index >= 15 is 0 Å². The van der Waals surface area contributed by atoms with Crippen LogP contribution in [0.4, 0.5) is 0 Å². The molecule has 0 aromatic heterocycles. The molecule has 1 unspecified atom stereocenters. The smallest absolute Gasteiger partial charge is 0.244 e. The Labute approximate surface area is 114 Å². The molecule has 0 aliphatic carbocycles. The van der Waals surface area contributed by atoms with E-state index in [0.29, 0.717) is 19.5 Å². The van der Waals surface area contributed by atoms with E-state index in [2.05, 4.69) is 11.4 Å². The molecule has 4 nitrogen and oxygen atoms in total. The molecule has 0 spiro atoms. The third kappa shape index (κ3) is 3.14. The fraction of sp³-hybridized carbons (Fsp3) is 0.533. The lowest BCUT2D eigenvalue weighted by Crippen LogP contribution is -2.44. The van der Waals surface area contributed by atoms with Crippen molar-refractivity contribution in [2.45, 2.75) is 25.8 Å². The van der Waals surface area contributed by atoms with Gasteiger partial charge in [-0.05, 0) is 30.9 Å². The minimum atomic E-state index is -0.233. The molecule has 1 aliphatic heterocycles. The van der Waals surface area contributed by atoms with E-state index in [9.17, 15) is 4.79 Å². The van der Waals surface area contributed by atoms with Gasteiger partial charge < -0.3 is 15.3 Å². The molecule has 104 valence electrons. The molecular weight excluding hydrogens is 240 g/mol. The molecule has 1 atom stereocenters. The maximum Gasteiger partial charge on any atom is 0.244 e. The first-order valence-electron chi connectivity index (χ1n) is 6.98. The van der Waals surface area contributed by atoms with Gasteiger partial charge in [0, 0.05) is 26.2 Å². The summed E-state index contributed by atoms with van der Waals surface area (Å²) in [5.74, 6) is 0.114. The standard InChI is InChI=1S/C15H22N2O2/c1-2-17(10-5-11-18)15(19)14-13-7-4-3-6-12(13)8-9-16-14/h3-4,6-7,14,16,18H,2,5,8-11H2,1H3. The van der Waals surface area contributed by atoms with Crippen molar-refractivity contribution in [2.24, 2.45) is 0 Å². The maximum atomic E-state index is 12.6. The number of rotatable bonds is 5. The average molecular weight is 262 g/mol. The van der Waals surface area contributed by atoms with Gasteiger partial charge in [0.05, 0.1) is 0 Å². The minimum Gasteiger partial charge on any atom is -0.396 e. The molecule has 0 saturated heterocycles. The monoisotopic (exact) mass is 262 g/mol. The quantitative estimate of drug-likeness (QED) is 0.835. The number of nitrogens with one attached hydrogen (secondary N) is 1. The predicted molar refractivity (Wildman–Crippen MR) is 74.8 cm³/mol. The topological polar surface area (TPSA) is 52.6 Å². The molecule has 1 amide bonds. The number of nitrogens with zero attached hydrogens (tertiary/aromatic N) is 1. The van der Waals surface area contributed by atoms with Crippen molar-refractivity contribution in [1.29, 1.82) is 0 Å². The van der Waals surface area contributed by atoms with Crippen molar-refractivity contribution in [3.8, 4) is 0 Å². The highest BCUT2D eigenvalue weighted by Gasteiger charge is 2.28. The van der Waals surface area contributed by atoms with Gasteiger partial charge in [0.15, 0.2) is 0 Å². The summed E-state index contributed by atoms with van der Waals surface area (Å²) in [4.78, 5) is 14.4. The van der Waals surface area contributed by atoms with Gasteiger partial charge in [-0.3, -0.25) is 4.79 Å². The molecule has 1 aromatic carbocycles. The Hall–Kier alpha value is -1.39. The van der Waals surface area contributed by atoms with Crippen molar-refractivity contribution >= 4 is 5.91 Å². The van der Waals surface area contributed by atoms with Crippen LogP contribution in [0.5, 0.6) is 0 Å². The Kier molecular flexibility index (Phi) is 4.93. The van der Waals surface area contributed by atoms with E-state index in [-0.39, 0.29) is 18.6 Å². The van der Waals surface area contributed by atoms with Crippen LogP contribution in [0.1, 0.15) is 30.5 Å². The zero-order valence-electron chi connectivity index (χ0n) is 11.4. The number of amides is 1. The van der Waals surface area contributed by atoms with Crippen LogP contribution in [-0.2, 0) is 11.2 Å². The van der Waals surface area contributed by atoms with Crippen molar-refractivity contribution in [2.75, 3.05) is 26.2 Å². The zero-order valence-corrected chi connectivity index (χ0v) is 11.4. The van der Waals surface area contributed by atoms with E-state index in [4.69, 9.17) is 5.11 Å². The molecule has 19 heavy (non-hydrogen) atoms. The summed E-state index contributed by atoms with van der Waals surface area (Å²) in [6.07, 6.45) is 1.61. The van der Waals surface area contributed by atoms with Gasteiger partial charge >= 0.3 is 0 Å². The molecule has 0 bridgehead atoms.